The Kier molecular flexibility index (Phi) is 7.35. The van der Waals surface area contributed by atoms with Crippen LogP contribution in [-0.4, -0.2) is 70.4 Å². The van der Waals surface area contributed by atoms with Gasteiger partial charge in [-0.3, -0.25) is 9.59 Å². The van der Waals surface area contributed by atoms with E-state index in [1.54, 1.807) is 18.7 Å². The maximum absolute atomic E-state index is 13.2. The van der Waals surface area contributed by atoms with Gasteiger partial charge in [0.2, 0.25) is 11.8 Å². The van der Waals surface area contributed by atoms with Gasteiger partial charge in [0.1, 0.15) is 0 Å². The number of amidine groups is 1. The molecule has 0 N–H and O–H groups in total. The summed E-state index contributed by atoms with van der Waals surface area (Å²) < 4.78 is 5.43. The lowest BCUT2D eigenvalue weighted by atomic mass is 9.90. The first-order valence-corrected chi connectivity index (χ1v) is 12.8. The van der Waals surface area contributed by atoms with Crippen molar-refractivity contribution in [1.29, 1.82) is 0 Å². The lowest BCUT2D eigenvalue weighted by Crippen LogP contribution is -2.50. The number of carbonyl (C=O) groups excluding carboxylic acids is 3. The minimum absolute atomic E-state index is 0.00430. The van der Waals surface area contributed by atoms with E-state index < -0.39 is 6.04 Å². The van der Waals surface area contributed by atoms with E-state index in [2.05, 4.69) is 6.07 Å². The van der Waals surface area contributed by atoms with Crippen molar-refractivity contribution in [1.82, 2.24) is 14.7 Å². The van der Waals surface area contributed by atoms with Crippen molar-refractivity contribution in [2.45, 2.75) is 47.1 Å². The molecule has 3 aliphatic heterocycles. The van der Waals surface area contributed by atoms with Crippen molar-refractivity contribution in [3.63, 3.8) is 0 Å². The monoisotopic (exact) mass is 496 g/mol. The topological polar surface area (TPSA) is 82.5 Å². The number of allylic oxidation sites excluding steroid dienone is 1. The second-order valence-electron chi connectivity index (χ2n) is 9.04. The molecule has 1 fully saturated rings. The molecule has 0 bridgehead atoms. The van der Waals surface area contributed by atoms with Crippen LogP contribution < -0.4 is 0 Å². The Morgan fingerprint density at radius 3 is 2.40 bits per heavy atom. The van der Waals surface area contributed by atoms with Crippen LogP contribution in [0.1, 0.15) is 49.9 Å². The number of carbonyl (C=O) groups is 3. The number of thioether (sulfide) groups is 1. The third-order valence-electron chi connectivity index (χ3n) is 6.63. The lowest BCUT2D eigenvalue weighted by molar-refractivity contribution is -0.139. The highest BCUT2D eigenvalue weighted by atomic mass is 32.2. The summed E-state index contributed by atoms with van der Waals surface area (Å²) in [4.78, 5) is 48.3. The molecule has 1 saturated heterocycles. The van der Waals surface area contributed by atoms with Crippen LogP contribution in [0, 0.1) is 13.8 Å². The maximum atomic E-state index is 13.2. The fraction of sp³-hybridized carbons (Fsp3) is 0.462. The van der Waals surface area contributed by atoms with Crippen LogP contribution in [0.5, 0.6) is 0 Å². The smallest absolute Gasteiger partial charge is 0.338 e. The van der Waals surface area contributed by atoms with Gasteiger partial charge in [0.15, 0.2) is 5.17 Å². The zero-order valence-electron chi connectivity index (χ0n) is 21.0. The van der Waals surface area contributed by atoms with Gasteiger partial charge in [0.25, 0.3) is 0 Å². The molecule has 2 amide bonds. The zero-order valence-corrected chi connectivity index (χ0v) is 21.8. The van der Waals surface area contributed by atoms with Crippen LogP contribution in [0.25, 0.3) is 0 Å². The molecule has 0 spiro atoms. The summed E-state index contributed by atoms with van der Waals surface area (Å²) in [7, 11) is 0. The van der Waals surface area contributed by atoms with E-state index in [1.165, 1.54) is 11.8 Å². The predicted molar refractivity (Wildman–Crippen MR) is 136 cm³/mol. The third-order valence-corrected chi connectivity index (χ3v) is 7.51. The molecule has 3 aliphatic rings. The van der Waals surface area contributed by atoms with Crippen molar-refractivity contribution >= 4 is 34.7 Å². The molecule has 0 aromatic heterocycles. The molecule has 0 aliphatic carbocycles. The molecule has 1 aromatic rings. The van der Waals surface area contributed by atoms with Crippen molar-refractivity contribution < 1.29 is 19.1 Å². The van der Waals surface area contributed by atoms with Crippen LogP contribution in [-0.2, 0) is 19.1 Å². The number of fused-ring (bicyclic) bond motifs is 1. The SMILES string of the molecule is CCOC(=O)C1=C(C)N=C2SC=C(CC(=O)N3CCN(C(C)=O)CC3)N2[C@@H]1c1ccc(C)cc1C. The van der Waals surface area contributed by atoms with E-state index >= 15 is 0 Å². The fourth-order valence-corrected chi connectivity index (χ4v) is 5.77. The molecule has 1 atom stereocenters. The van der Waals surface area contributed by atoms with Crippen LogP contribution in [0.2, 0.25) is 0 Å². The molecule has 186 valence electrons. The van der Waals surface area contributed by atoms with Crippen LogP contribution in [0.3, 0.4) is 0 Å². The van der Waals surface area contributed by atoms with Gasteiger partial charge in [0, 0.05) is 38.8 Å². The number of hydrogen-bond donors (Lipinski definition) is 0. The third kappa shape index (κ3) is 5.00. The molecule has 35 heavy (non-hydrogen) atoms. The highest BCUT2D eigenvalue weighted by molar-refractivity contribution is 8.16. The van der Waals surface area contributed by atoms with Crippen molar-refractivity contribution in [2.24, 2.45) is 4.99 Å². The number of hydrogen-bond acceptors (Lipinski definition) is 7. The minimum Gasteiger partial charge on any atom is -0.463 e. The van der Waals surface area contributed by atoms with Gasteiger partial charge in [-0.15, -0.1) is 0 Å². The van der Waals surface area contributed by atoms with Crippen LogP contribution >= 0.6 is 11.8 Å². The Morgan fingerprint density at radius 2 is 1.77 bits per heavy atom. The minimum atomic E-state index is -0.425. The zero-order chi connectivity index (χ0) is 25.3. The van der Waals surface area contributed by atoms with Gasteiger partial charge in [-0.2, -0.15) is 0 Å². The summed E-state index contributed by atoms with van der Waals surface area (Å²) in [6.07, 6.45) is 0.197. The molecular weight excluding hydrogens is 464 g/mol. The number of piperazine rings is 1. The summed E-state index contributed by atoms with van der Waals surface area (Å²) in [6.45, 7) is 11.7. The molecular formula is C26H32N4O4S. The Hall–Kier alpha value is -3.07. The van der Waals surface area contributed by atoms with Crippen LogP contribution in [0.15, 0.2) is 45.6 Å². The first-order chi connectivity index (χ1) is 16.7. The predicted octanol–water partition coefficient (Wildman–Crippen LogP) is 3.52. The number of aryl methyl sites for hydroxylation is 2. The normalized spacial score (nSPS) is 19.9. The van der Waals surface area contributed by atoms with Crippen LogP contribution in [0.4, 0.5) is 0 Å². The number of aliphatic imine (C=N–C) groups is 1. The molecule has 4 rings (SSSR count). The van der Waals surface area contributed by atoms with E-state index in [9.17, 15) is 14.4 Å². The molecule has 0 radical (unpaired) electrons. The second kappa shape index (κ2) is 10.3. The van der Waals surface area contributed by atoms with Gasteiger partial charge in [0.05, 0.1) is 30.3 Å². The number of rotatable bonds is 5. The van der Waals surface area contributed by atoms with Crippen molar-refractivity contribution in [3.8, 4) is 0 Å². The second-order valence-corrected chi connectivity index (χ2v) is 9.87. The first kappa shape index (κ1) is 25.0. The van der Waals surface area contributed by atoms with Gasteiger partial charge >= 0.3 is 5.97 Å². The van der Waals surface area contributed by atoms with Crippen molar-refractivity contribution in [2.75, 3.05) is 32.8 Å². The summed E-state index contributed by atoms with van der Waals surface area (Å²) in [6, 6.07) is 5.77. The molecule has 3 heterocycles. The standard InChI is InChI=1S/C26H32N4O4S/c1-6-34-25(33)23-18(4)27-26-30(24(23)21-8-7-16(2)13-17(21)3)20(15-35-26)14-22(32)29-11-9-28(10-12-29)19(5)31/h7-8,13,15,24H,6,9-12,14H2,1-5H3/t24-/m1/s1. The van der Waals surface area contributed by atoms with Gasteiger partial charge in [-0.25, -0.2) is 9.79 Å². The highest BCUT2D eigenvalue weighted by Crippen LogP contribution is 2.45. The van der Waals surface area contributed by atoms with E-state index in [0.717, 1.165) is 27.6 Å². The van der Waals surface area contributed by atoms with Crippen molar-refractivity contribution in [3.05, 3.63) is 57.3 Å². The lowest BCUT2D eigenvalue weighted by Gasteiger charge is -2.38. The Labute approximate surface area is 210 Å². The summed E-state index contributed by atoms with van der Waals surface area (Å²) in [5, 5.41) is 2.71. The number of nitrogens with zero attached hydrogens (tertiary/aromatic N) is 4. The van der Waals surface area contributed by atoms with E-state index in [-0.39, 0.29) is 30.8 Å². The summed E-state index contributed by atoms with van der Waals surface area (Å²) in [5.41, 5.74) is 5.13. The average molecular weight is 497 g/mol. The summed E-state index contributed by atoms with van der Waals surface area (Å²) in [5.74, 6) is -0.350. The van der Waals surface area contributed by atoms with E-state index in [0.29, 0.717) is 37.4 Å². The van der Waals surface area contributed by atoms with Gasteiger partial charge in [-0.05, 0) is 44.2 Å². The highest BCUT2D eigenvalue weighted by Gasteiger charge is 2.42. The first-order valence-electron chi connectivity index (χ1n) is 11.9. The molecule has 9 heteroatoms. The molecule has 1 aromatic carbocycles. The molecule has 8 nitrogen and oxygen atoms in total. The van der Waals surface area contributed by atoms with E-state index in [1.807, 2.05) is 48.1 Å². The quantitative estimate of drug-likeness (QED) is 0.580. The Balaban J connectivity index is 1.64. The number of benzene rings is 1. The Bertz CT molecular complexity index is 1150. The largest absolute Gasteiger partial charge is 0.463 e. The molecule has 0 unspecified atom stereocenters. The summed E-state index contributed by atoms with van der Waals surface area (Å²) >= 11 is 1.47. The maximum Gasteiger partial charge on any atom is 0.338 e. The fourth-order valence-electron chi connectivity index (χ4n) is 4.80. The number of esters is 1. The Morgan fingerprint density at radius 1 is 1.09 bits per heavy atom. The number of amides is 2. The number of ether oxygens (including phenoxy) is 1. The van der Waals surface area contributed by atoms with Gasteiger partial charge < -0.3 is 19.4 Å². The molecule has 0 saturated carbocycles. The van der Waals surface area contributed by atoms with Gasteiger partial charge in [-0.1, -0.05) is 35.5 Å². The average Bonchev–Trinajstić information content (AvgIpc) is 3.20. The van der Waals surface area contributed by atoms with E-state index in [4.69, 9.17) is 9.73 Å².